The van der Waals surface area contributed by atoms with E-state index in [2.05, 4.69) is 0 Å². The van der Waals surface area contributed by atoms with Gasteiger partial charge in [0.15, 0.2) is 17.6 Å². The average molecular weight is 243 g/mol. The first-order valence-electron chi connectivity index (χ1n) is 4.25. The van der Waals surface area contributed by atoms with Crippen LogP contribution in [0.4, 0.5) is 0 Å². The van der Waals surface area contributed by atoms with E-state index in [1.54, 1.807) is 0 Å². The number of carbonyl (C=O) groups excluding carboxylic acids is 1. The van der Waals surface area contributed by atoms with E-state index in [0.717, 1.165) is 0 Å². The summed E-state index contributed by atoms with van der Waals surface area (Å²) in [6.45, 7) is 0. The van der Waals surface area contributed by atoms with Crippen molar-refractivity contribution in [3.63, 3.8) is 0 Å². The molecular weight excluding hydrogens is 234 g/mol. The predicted molar refractivity (Wildman–Crippen MR) is 52.5 cm³/mol. The maximum Gasteiger partial charge on any atom is 0.340 e. The molecule has 0 saturated carbocycles. The minimum atomic E-state index is -2.03. The van der Waals surface area contributed by atoms with Gasteiger partial charge in [0.2, 0.25) is 5.75 Å². The van der Waals surface area contributed by atoms with Gasteiger partial charge in [0, 0.05) is 5.56 Å². The van der Waals surface area contributed by atoms with E-state index >= 15 is 0 Å². The number of aromatic carboxylic acids is 1. The lowest BCUT2D eigenvalue weighted by atomic mass is 9.99. The molecule has 92 valence electrons. The number of hydrogen-bond donors (Lipinski definition) is 6. The van der Waals surface area contributed by atoms with Crippen LogP contribution in [-0.2, 0) is 4.79 Å². The molecule has 8 nitrogen and oxygen atoms in total. The first kappa shape index (κ1) is 12.6. The SMILES string of the molecule is NC(=O)C(O)c1cc(O)c(O)c(O)c1C(=O)O. The zero-order valence-electron chi connectivity index (χ0n) is 8.28. The number of nitrogens with two attached hydrogens (primary N) is 1. The van der Waals surface area contributed by atoms with E-state index in [9.17, 15) is 19.8 Å². The summed E-state index contributed by atoms with van der Waals surface area (Å²) in [5.41, 5.74) is 3.24. The van der Waals surface area contributed by atoms with Crippen molar-refractivity contribution in [2.75, 3.05) is 0 Å². The first-order valence-corrected chi connectivity index (χ1v) is 4.25. The number of carbonyl (C=O) groups is 2. The van der Waals surface area contributed by atoms with Crippen LogP contribution in [0.2, 0.25) is 0 Å². The molecule has 0 saturated heterocycles. The molecule has 8 heteroatoms. The van der Waals surface area contributed by atoms with Gasteiger partial charge >= 0.3 is 5.97 Å². The van der Waals surface area contributed by atoms with E-state index in [1.807, 2.05) is 0 Å². The normalized spacial score (nSPS) is 12.1. The Bertz CT molecular complexity index is 497. The Morgan fingerprint density at radius 2 is 1.71 bits per heavy atom. The molecule has 1 aromatic carbocycles. The van der Waals surface area contributed by atoms with Gasteiger partial charge in [-0.15, -0.1) is 0 Å². The summed E-state index contributed by atoms with van der Waals surface area (Å²) in [5.74, 6) is -6.08. The third-order valence-corrected chi connectivity index (χ3v) is 2.06. The third-order valence-electron chi connectivity index (χ3n) is 2.06. The minimum Gasteiger partial charge on any atom is -0.504 e. The lowest BCUT2D eigenvalue weighted by Gasteiger charge is -2.13. The summed E-state index contributed by atoms with van der Waals surface area (Å²) in [6, 6.07) is 0.633. The quantitative estimate of drug-likeness (QED) is 0.371. The van der Waals surface area contributed by atoms with Crippen molar-refractivity contribution in [3.8, 4) is 17.2 Å². The van der Waals surface area contributed by atoms with Crippen LogP contribution in [-0.4, -0.2) is 37.4 Å². The van der Waals surface area contributed by atoms with Crippen molar-refractivity contribution in [3.05, 3.63) is 17.2 Å². The average Bonchev–Trinajstić information content (AvgIpc) is 2.23. The van der Waals surface area contributed by atoms with Crippen molar-refractivity contribution < 1.29 is 35.1 Å². The molecule has 0 aliphatic rings. The molecule has 0 aliphatic heterocycles. The maximum atomic E-state index is 10.8. The minimum absolute atomic E-state index is 0.613. The number of aliphatic hydroxyl groups excluding tert-OH is 1. The second kappa shape index (κ2) is 4.18. The van der Waals surface area contributed by atoms with Gasteiger partial charge in [-0.2, -0.15) is 0 Å². The van der Waals surface area contributed by atoms with Crippen molar-refractivity contribution in [2.24, 2.45) is 5.73 Å². The number of carboxylic acid groups (broad SMARTS) is 1. The Morgan fingerprint density at radius 3 is 2.12 bits per heavy atom. The largest absolute Gasteiger partial charge is 0.504 e. The Hall–Kier alpha value is -2.48. The van der Waals surface area contributed by atoms with E-state index in [0.29, 0.717) is 6.07 Å². The van der Waals surface area contributed by atoms with E-state index in [4.69, 9.17) is 21.1 Å². The highest BCUT2D eigenvalue weighted by Crippen LogP contribution is 2.41. The number of rotatable bonds is 3. The van der Waals surface area contributed by atoms with E-state index < -0.39 is 46.4 Å². The lowest BCUT2D eigenvalue weighted by Crippen LogP contribution is -2.23. The van der Waals surface area contributed by atoms with Crippen LogP contribution in [0.1, 0.15) is 22.0 Å². The Morgan fingerprint density at radius 1 is 1.18 bits per heavy atom. The number of phenols is 3. The molecule has 17 heavy (non-hydrogen) atoms. The highest BCUT2D eigenvalue weighted by molar-refractivity contribution is 5.96. The van der Waals surface area contributed by atoms with Crippen LogP contribution in [0.3, 0.4) is 0 Å². The van der Waals surface area contributed by atoms with Gasteiger partial charge in [0.05, 0.1) is 0 Å². The molecular formula is C9H9NO7. The summed E-state index contributed by atoms with van der Waals surface area (Å²) in [7, 11) is 0. The van der Waals surface area contributed by atoms with E-state index in [-0.39, 0.29) is 0 Å². The maximum absolute atomic E-state index is 10.8. The molecule has 1 rings (SSSR count). The van der Waals surface area contributed by atoms with Gasteiger partial charge in [-0.1, -0.05) is 0 Å². The van der Waals surface area contributed by atoms with Gasteiger partial charge in [0.25, 0.3) is 5.91 Å². The molecule has 0 spiro atoms. The van der Waals surface area contributed by atoms with Crippen molar-refractivity contribution in [1.29, 1.82) is 0 Å². The highest BCUT2D eigenvalue weighted by Gasteiger charge is 2.28. The van der Waals surface area contributed by atoms with Crippen LogP contribution >= 0.6 is 0 Å². The molecule has 1 amide bonds. The predicted octanol–water partition coefficient (Wildman–Crippen LogP) is -0.980. The second-order valence-electron chi connectivity index (χ2n) is 3.17. The fourth-order valence-corrected chi connectivity index (χ4v) is 1.26. The third kappa shape index (κ3) is 2.06. The molecule has 0 bridgehead atoms. The number of benzene rings is 1. The zero-order valence-corrected chi connectivity index (χ0v) is 8.28. The highest BCUT2D eigenvalue weighted by atomic mass is 16.4. The summed E-state index contributed by atoms with van der Waals surface area (Å²) in [4.78, 5) is 21.6. The summed E-state index contributed by atoms with van der Waals surface area (Å²) in [5, 5.41) is 45.7. The van der Waals surface area contributed by atoms with Crippen LogP contribution in [0, 0.1) is 0 Å². The smallest absolute Gasteiger partial charge is 0.340 e. The standard InChI is InChI=1S/C9H9NO7/c10-8(15)5(12)2-1-3(11)6(13)7(14)4(2)9(16)17/h1,5,11-14H,(H2,10,15)(H,16,17). The number of carboxylic acids is 1. The van der Waals surface area contributed by atoms with E-state index in [1.165, 1.54) is 0 Å². The van der Waals surface area contributed by atoms with Crippen molar-refractivity contribution in [2.45, 2.75) is 6.10 Å². The molecule has 0 fully saturated rings. The number of hydrogen-bond acceptors (Lipinski definition) is 6. The van der Waals surface area contributed by atoms with Gasteiger partial charge in [-0.25, -0.2) is 4.79 Å². The Labute approximate surface area is 94.2 Å². The van der Waals surface area contributed by atoms with Crippen LogP contribution in [0.25, 0.3) is 0 Å². The molecule has 1 atom stereocenters. The van der Waals surface area contributed by atoms with Crippen LogP contribution < -0.4 is 5.73 Å². The fourth-order valence-electron chi connectivity index (χ4n) is 1.26. The molecule has 0 heterocycles. The van der Waals surface area contributed by atoms with Gasteiger partial charge in [-0.3, -0.25) is 4.79 Å². The number of aromatic hydroxyl groups is 3. The number of aliphatic hydroxyl groups is 1. The fraction of sp³-hybridized carbons (Fsp3) is 0.111. The molecule has 1 unspecified atom stereocenters. The monoisotopic (exact) mass is 243 g/mol. The summed E-state index contributed by atoms with van der Waals surface area (Å²) < 4.78 is 0. The second-order valence-corrected chi connectivity index (χ2v) is 3.17. The van der Waals surface area contributed by atoms with Crippen molar-refractivity contribution in [1.82, 2.24) is 0 Å². The Kier molecular flexibility index (Phi) is 3.09. The number of amides is 1. The lowest BCUT2D eigenvalue weighted by molar-refractivity contribution is -0.126. The first-order chi connectivity index (χ1) is 7.77. The van der Waals surface area contributed by atoms with Gasteiger partial charge < -0.3 is 31.3 Å². The zero-order chi connectivity index (χ0) is 13.3. The molecule has 0 aliphatic carbocycles. The van der Waals surface area contributed by atoms with Crippen LogP contribution in [0.15, 0.2) is 6.07 Å². The van der Waals surface area contributed by atoms with Crippen molar-refractivity contribution >= 4 is 11.9 Å². The summed E-state index contributed by atoms with van der Waals surface area (Å²) in [6.07, 6.45) is -2.03. The number of primary amides is 1. The van der Waals surface area contributed by atoms with Gasteiger partial charge in [-0.05, 0) is 6.07 Å². The van der Waals surface area contributed by atoms with Gasteiger partial charge in [0.1, 0.15) is 5.56 Å². The Balaban J connectivity index is 3.59. The number of phenolic OH excluding ortho intramolecular Hbond substituents is 2. The summed E-state index contributed by atoms with van der Waals surface area (Å²) >= 11 is 0. The van der Waals surface area contributed by atoms with Crippen LogP contribution in [0.5, 0.6) is 17.2 Å². The topological polar surface area (TPSA) is 161 Å². The molecule has 0 radical (unpaired) electrons. The molecule has 1 aromatic rings. The molecule has 7 N–H and O–H groups in total. The molecule has 0 aromatic heterocycles.